The second kappa shape index (κ2) is 6.30. The maximum Gasteiger partial charge on any atom is 0.259 e. The number of para-hydroxylation sites is 1. The monoisotopic (exact) mass is 346 g/mol. The number of carbonyl (C=O) groups excluding carboxylic acids is 1. The summed E-state index contributed by atoms with van der Waals surface area (Å²) in [5.74, 6) is -0.317. The minimum absolute atomic E-state index is 0.0396. The molecule has 1 aliphatic rings. The molecule has 3 nitrogen and oxygen atoms in total. The molecule has 0 bridgehead atoms. The number of aryl methyl sites for hydroxylation is 2. The molecule has 0 radical (unpaired) electrons. The van der Waals surface area contributed by atoms with Crippen LogP contribution < -0.4 is 4.90 Å². The number of benzene rings is 2. The van der Waals surface area contributed by atoms with Gasteiger partial charge in [0.1, 0.15) is 5.82 Å². The fourth-order valence-corrected chi connectivity index (χ4v) is 3.42. The van der Waals surface area contributed by atoms with E-state index >= 15 is 0 Å². The lowest BCUT2D eigenvalue weighted by Gasteiger charge is -2.17. The molecule has 4 rings (SSSR count). The highest BCUT2D eigenvalue weighted by molar-refractivity contribution is 6.35. The number of amides is 1. The summed E-state index contributed by atoms with van der Waals surface area (Å²) < 4.78 is 13.2. The number of anilines is 1. The molecule has 130 valence electrons. The van der Waals surface area contributed by atoms with E-state index in [9.17, 15) is 9.18 Å². The Bertz CT molecular complexity index is 1010. The number of nitrogens with zero attached hydrogens (tertiary/aromatic N) is 1. The Kier molecular flexibility index (Phi) is 3.96. The normalized spacial score (nSPS) is 15.0. The topological polar surface area (TPSA) is 36.1 Å². The number of aromatic nitrogens is 1. The van der Waals surface area contributed by atoms with Crippen molar-refractivity contribution in [3.63, 3.8) is 0 Å². The molecule has 26 heavy (non-hydrogen) atoms. The van der Waals surface area contributed by atoms with Crippen molar-refractivity contribution in [1.82, 2.24) is 4.98 Å². The van der Waals surface area contributed by atoms with E-state index in [0.29, 0.717) is 12.1 Å². The first-order valence-corrected chi connectivity index (χ1v) is 8.56. The molecular formula is C22H19FN2O. The molecule has 3 aromatic rings. The van der Waals surface area contributed by atoms with Gasteiger partial charge in [0.05, 0.1) is 17.8 Å². The van der Waals surface area contributed by atoms with Crippen LogP contribution in [0.15, 0.2) is 54.6 Å². The first kappa shape index (κ1) is 16.3. The van der Waals surface area contributed by atoms with Gasteiger partial charge < -0.3 is 9.88 Å². The maximum atomic E-state index is 13.2. The largest absolute Gasteiger partial charge is 0.359 e. The van der Waals surface area contributed by atoms with Crippen LogP contribution in [0.3, 0.4) is 0 Å². The minimum atomic E-state index is -0.278. The van der Waals surface area contributed by atoms with Crippen LogP contribution in [0.25, 0.3) is 11.6 Å². The Morgan fingerprint density at radius 2 is 1.81 bits per heavy atom. The molecule has 0 unspecified atom stereocenters. The van der Waals surface area contributed by atoms with E-state index < -0.39 is 0 Å². The smallest absolute Gasteiger partial charge is 0.259 e. The predicted octanol–water partition coefficient (Wildman–Crippen LogP) is 4.86. The zero-order valence-corrected chi connectivity index (χ0v) is 14.7. The van der Waals surface area contributed by atoms with E-state index in [1.807, 2.05) is 44.2 Å². The molecule has 0 spiro atoms. The molecule has 4 heteroatoms. The standard InChI is InChI=1S/C22H19FN2O/c1-14-11-15(2)24-20(14)12-19-18-5-3-4-6-21(18)25(22(19)26)13-16-7-9-17(23)10-8-16/h3-12,24H,13H2,1-2H3. The Morgan fingerprint density at radius 3 is 2.50 bits per heavy atom. The van der Waals surface area contributed by atoms with Gasteiger partial charge in [-0.15, -0.1) is 0 Å². The number of rotatable bonds is 3. The van der Waals surface area contributed by atoms with Crippen molar-refractivity contribution in [3.05, 3.63) is 88.5 Å². The molecule has 1 N–H and O–H groups in total. The number of H-pyrrole nitrogens is 1. The molecule has 0 aliphatic carbocycles. The Labute approximate surface area is 151 Å². The van der Waals surface area contributed by atoms with E-state index in [1.165, 1.54) is 12.1 Å². The van der Waals surface area contributed by atoms with Gasteiger partial charge in [0.15, 0.2) is 0 Å². The lowest BCUT2D eigenvalue weighted by atomic mass is 10.1. The van der Waals surface area contributed by atoms with Crippen LogP contribution in [0.1, 0.15) is 28.1 Å². The molecule has 0 atom stereocenters. The van der Waals surface area contributed by atoms with Gasteiger partial charge in [0, 0.05) is 17.0 Å². The molecule has 0 saturated carbocycles. The number of halogens is 1. The molecule has 0 saturated heterocycles. The van der Waals surface area contributed by atoms with Gasteiger partial charge in [0.2, 0.25) is 0 Å². The molecule has 1 amide bonds. The fourth-order valence-electron chi connectivity index (χ4n) is 3.42. The van der Waals surface area contributed by atoms with Crippen LogP contribution in [0.5, 0.6) is 0 Å². The minimum Gasteiger partial charge on any atom is -0.359 e. The van der Waals surface area contributed by atoms with Crippen LogP contribution in [0, 0.1) is 19.7 Å². The van der Waals surface area contributed by atoms with Gasteiger partial charge >= 0.3 is 0 Å². The van der Waals surface area contributed by atoms with Gasteiger partial charge in [-0.05, 0) is 55.3 Å². The first-order valence-electron chi connectivity index (χ1n) is 8.56. The highest BCUT2D eigenvalue weighted by Gasteiger charge is 2.32. The SMILES string of the molecule is Cc1cc(C)c(C=C2C(=O)N(Cc3ccc(F)cc3)c3ccccc32)[nH]1. The molecule has 0 fully saturated rings. The summed E-state index contributed by atoms with van der Waals surface area (Å²) >= 11 is 0. The molecule has 2 aromatic carbocycles. The van der Waals surface area contributed by atoms with Gasteiger partial charge in [-0.3, -0.25) is 4.79 Å². The maximum absolute atomic E-state index is 13.2. The highest BCUT2D eigenvalue weighted by atomic mass is 19.1. The van der Waals surface area contributed by atoms with Crippen molar-refractivity contribution >= 4 is 23.2 Å². The average molecular weight is 346 g/mol. The van der Waals surface area contributed by atoms with E-state index in [4.69, 9.17) is 0 Å². The van der Waals surface area contributed by atoms with Gasteiger partial charge in [-0.1, -0.05) is 30.3 Å². The van der Waals surface area contributed by atoms with Crippen molar-refractivity contribution in [1.29, 1.82) is 0 Å². The van der Waals surface area contributed by atoms with E-state index in [0.717, 1.165) is 33.8 Å². The Hall–Kier alpha value is -3.14. The second-order valence-electron chi connectivity index (χ2n) is 6.64. The molecular weight excluding hydrogens is 327 g/mol. The third-order valence-electron chi connectivity index (χ3n) is 4.69. The number of hydrogen-bond donors (Lipinski definition) is 1. The lowest BCUT2D eigenvalue weighted by molar-refractivity contribution is -0.113. The van der Waals surface area contributed by atoms with E-state index in [-0.39, 0.29) is 11.7 Å². The quantitative estimate of drug-likeness (QED) is 0.676. The van der Waals surface area contributed by atoms with Crippen molar-refractivity contribution in [2.45, 2.75) is 20.4 Å². The number of carbonyl (C=O) groups is 1. The van der Waals surface area contributed by atoms with E-state index in [1.54, 1.807) is 17.0 Å². The van der Waals surface area contributed by atoms with E-state index in [2.05, 4.69) is 11.1 Å². The zero-order chi connectivity index (χ0) is 18.3. The lowest BCUT2D eigenvalue weighted by Crippen LogP contribution is -2.25. The van der Waals surface area contributed by atoms with Crippen LogP contribution in [-0.2, 0) is 11.3 Å². The van der Waals surface area contributed by atoms with Crippen LogP contribution in [0.4, 0.5) is 10.1 Å². The Morgan fingerprint density at radius 1 is 1.08 bits per heavy atom. The summed E-state index contributed by atoms with van der Waals surface area (Å²) in [5, 5.41) is 0. The van der Waals surface area contributed by atoms with Gasteiger partial charge in [0.25, 0.3) is 5.91 Å². The number of hydrogen-bond acceptors (Lipinski definition) is 1. The summed E-state index contributed by atoms with van der Waals surface area (Å²) in [5.41, 5.74) is 6.49. The number of nitrogens with one attached hydrogen (secondary N) is 1. The summed E-state index contributed by atoms with van der Waals surface area (Å²) in [6, 6.07) is 16.1. The zero-order valence-electron chi connectivity index (χ0n) is 14.7. The fraction of sp³-hybridized carbons (Fsp3) is 0.136. The molecule has 1 aliphatic heterocycles. The highest BCUT2D eigenvalue weighted by Crippen LogP contribution is 2.38. The second-order valence-corrected chi connectivity index (χ2v) is 6.64. The number of aromatic amines is 1. The summed E-state index contributed by atoms with van der Waals surface area (Å²) in [6.45, 7) is 4.44. The van der Waals surface area contributed by atoms with Crippen molar-refractivity contribution in [2.24, 2.45) is 0 Å². The van der Waals surface area contributed by atoms with Crippen molar-refractivity contribution in [2.75, 3.05) is 4.90 Å². The van der Waals surface area contributed by atoms with Crippen LogP contribution in [-0.4, -0.2) is 10.9 Å². The van der Waals surface area contributed by atoms with Gasteiger partial charge in [-0.2, -0.15) is 0 Å². The third kappa shape index (κ3) is 2.84. The summed E-state index contributed by atoms with van der Waals surface area (Å²) in [4.78, 5) is 18.2. The summed E-state index contributed by atoms with van der Waals surface area (Å²) in [6.07, 6.45) is 1.92. The van der Waals surface area contributed by atoms with Gasteiger partial charge in [-0.25, -0.2) is 4.39 Å². The van der Waals surface area contributed by atoms with Crippen molar-refractivity contribution < 1.29 is 9.18 Å². The summed E-state index contributed by atoms with van der Waals surface area (Å²) in [7, 11) is 0. The molecule has 2 heterocycles. The van der Waals surface area contributed by atoms with Crippen LogP contribution in [0.2, 0.25) is 0 Å². The van der Waals surface area contributed by atoms with Crippen LogP contribution >= 0.6 is 0 Å². The predicted molar refractivity (Wildman–Crippen MR) is 102 cm³/mol. The average Bonchev–Trinajstić information content (AvgIpc) is 3.08. The third-order valence-corrected chi connectivity index (χ3v) is 4.69. The number of fused-ring (bicyclic) bond motifs is 1. The van der Waals surface area contributed by atoms with Crippen molar-refractivity contribution in [3.8, 4) is 0 Å². The Balaban J connectivity index is 1.75. The molecule has 1 aromatic heterocycles. The first-order chi connectivity index (χ1) is 12.5.